The Morgan fingerprint density at radius 1 is 1.16 bits per heavy atom. The fraction of sp³-hybridized carbons (Fsp3) is 0.471. The molecule has 1 aliphatic carbocycles. The van der Waals surface area contributed by atoms with Crippen molar-refractivity contribution in [3.05, 3.63) is 42.1 Å². The smallest absolute Gasteiger partial charge is 0.0931 e. The van der Waals surface area contributed by atoms with Crippen LogP contribution in [0, 0.1) is 11.8 Å². The molecule has 3 rings (SSSR count). The molecular weight excluding hydrogens is 234 g/mol. The lowest BCUT2D eigenvalue weighted by molar-refractivity contribution is -0.0615. The van der Waals surface area contributed by atoms with E-state index in [-0.39, 0.29) is 0 Å². The molecule has 0 aliphatic heterocycles. The van der Waals surface area contributed by atoms with Gasteiger partial charge in [-0.15, -0.1) is 0 Å². The fourth-order valence-electron chi connectivity index (χ4n) is 3.46. The van der Waals surface area contributed by atoms with Crippen LogP contribution in [0.1, 0.15) is 38.7 Å². The number of fused-ring (bicyclic) bond motifs is 1. The van der Waals surface area contributed by atoms with Crippen molar-refractivity contribution in [1.82, 2.24) is 4.98 Å². The minimum atomic E-state index is -0.708. The molecular formula is C17H21NO. The van der Waals surface area contributed by atoms with E-state index in [0.717, 1.165) is 29.3 Å². The number of hydrogen-bond donors (Lipinski definition) is 1. The molecule has 1 heterocycles. The van der Waals surface area contributed by atoms with Crippen molar-refractivity contribution in [3.8, 4) is 0 Å². The summed E-state index contributed by atoms with van der Waals surface area (Å²) in [5, 5.41) is 12.3. The molecule has 1 aromatic carbocycles. The Kier molecular flexibility index (Phi) is 3.06. The molecule has 2 heteroatoms. The van der Waals surface area contributed by atoms with E-state index in [9.17, 15) is 5.11 Å². The highest BCUT2D eigenvalue weighted by Gasteiger charge is 2.41. The number of hydrogen-bond acceptors (Lipinski definition) is 2. The molecule has 2 nitrogen and oxygen atoms in total. The first-order valence-corrected chi connectivity index (χ1v) is 7.18. The molecule has 1 fully saturated rings. The number of nitrogens with zero attached hydrogens (tertiary/aromatic N) is 1. The second-order valence-corrected chi connectivity index (χ2v) is 6.09. The van der Waals surface area contributed by atoms with Gasteiger partial charge < -0.3 is 5.11 Å². The third kappa shape index (κ3) is 2.04. The second kappa shape index (κ2) is 4.61. The van der Waals surface area contributed by atoms with E-state index in [1.165, 1.54) is 6.42 Å². The monoisotopic (exact) mass is 255 g/mol. The van der Waals surface area contributed by atoms with Gasteiger partial charge in [0.1, 0.15) is 0 Å². The van der Waals surface area contributed by atoms with Crippen LogP contribution in [0.2, 0.25) is 0 Å². The van der Waals surface area contributed by atoms with Crippen molar-refractivity contribution in [3.63, 3.8) is 0 Å². The molecule has 3 atom stereocenters. The van der Waals surface area contributed by atoms with Gasteiger partial charge in [0, 0.05) is 11.6 Å². The molecule has 1 saturated carbocycles. The van der Waals surface area contributed by atoms with Crippen LogP contribution in [0.5, 0.6) is 0 Å². The summed E-state index contributed by atoms with van der Waals surface area (Å²) in [5.74, 6) is 0.877. The first-order valence-electron chi connectivity index (χ1n) is 7.18. The van der Waals surface area contributed by atoms with E-state index >= 15 is 0 Å². The Hall–Kier alpha value is -1.41. The average molecular weight is 255 g/mol. The van der Waals surface area contributed by atoms with Crippen molar-refractivity contribution in [1.29, 1.82) is 0 Å². The van der Waals surface area contributed by atoms with Crippen molar-refractivity contribution < 1.29 is 5.11 Å². The Bertz CT molecular complexity index is 589. The zero-order valence-corrected chi connectivity index (χ0v) is 11.6. The van der Waals surface area contributed by atoms with Crippen LogP contribution in [-0.2, 0) is 5.60 Å². The molecule has 2 aromatic rings. The molecule has 100 valence electrons. The minimum absolute atomic E-state index is 0.300. The molecule has 3 unspecified atom stereocenters. The zero-order chi connectivity index (χ0) is 13.5. The summed E-state index contributed by atoms with van der Waals surface area (Å²) in [7, 11) is 0. The summed E-state index contributed by atoms with van der Waals surface area (Å²) in [6, 6.07) is 10.1. The molecule has 0 amide bonds. The van der Waals surface area contributed by atoms with E-state index in [0.29, 0.717) is 11.8 Å². The SMILES string of the molecule is CC1CCC(C)C(O)(c2cccc3ncccc23)C1. The largest absolute Gasteiger partial charge is 0.385 e. The topological polar surface area (TPSA) is 33.1 Å². The van der Waals surface area contributed by atoms with Crippen molar-refractivity contribution in [2.75, 3.05) is 0 Å². The molecule has 0 radical (unpaired) electrons. The van der Waals surface area contributed by atoms with E-state index in [4.69, 9.17) is 0 Å². The highest BCUT2D eigenvalue weighted by molar-refractivity contribution is 5.82. The van der Waals surface area contributed by atoms with Gasteiger partial charge in [0.25, 0.3) is 0 Å². The number of benzene rings is 1. The molecule has 0 saturated heterocycles. The molecule has 19 heavy (non-hydrogen) atoms. The van der Waals surface area contributed by atoms with Gasteiger partial charge in [-0.1, -0.05) is 38.5 Å². The Morgan fingerprint density at radius 2 is 2.00 bits per heavy atom. The quantitative estimate of drug-likeness (QED) is 0.839. The van der Waals surface area contributed by atoms with Gasteiger partial charge in [0.15, 0.2) is 0 Å². The van der Waals surface area contributed by atoms with Gasteiger partial charge in [-0.05, 0) is 42.4 Å². The summed E-state index contributed by atoms with van der Waals surface area (Å²) in [4.78, 5) is 4.40. The first-order chi connectivity index (χ1) is 9.11. The van der Waals surface area contributed by atoms with E-state index in [1.807, 2.05) is 24.4 Å². The third-order valence-corrected chi connectivity index (χ3v) is 4.68. The standard InChI is InChI=1S/C17H21NO/c1-12-8-9-13(2)17(19,11-12)15-6-3-7-16-14(15)5-4-10-18-16/h3-7,10,12-13,19H,8-9,11H2,1-2H3. The van der Waals surface area contributed by atoms with Crippen LogP contribution in [0.25, 0.3) is 10.9 Å². The Labute approximate surface area is 114 Å². The Balaban J connectivity index is 2.17. The first kappa shape index (κ1) is 12.6. The van der Waals surface area contributed by atoms with Gasteiger partial charge in [0.2, 0.25) is 0 Å². The lowest BCUT2D eigenvalue weighted by atomic mass is 9.68. The molecule has 1 aromatic heterocycles. The highest BCUT2D eigenvalue weighted by atomic mass is 16.3. The van der Waals surface area contributed by atoms with Gasteiger partial charge >= 0.3 is 0 Å². The second-order valence-electron chi connectivity index (χ2n) is 6.09. The van der Waals surface area contributed by atoms with E-state index < -0.39 is 5.60 Å². The maximum Gasteiger partial charge on any atom is 0.0931 e. The predicted octanol–water partition coefficient (Wildman–Crippen LogP) is 3.88. The van der Waals surface area contributed by atoms with Gasteiger partial charge in [0.05, 0.1) is 11.1 Å². The van der Waals surface area contributed by atoms with Gasteiger partial charge in [-0.25, -0.2) is 0 Å². The number of aliphatic hydroxyl groups is 1. The van der Waals surface area contributed by atoms with Crippen LogP contribution in [0.3, 0.4) is 0 Å². The normalized spacial score (nSPS) is 31.5. The molecule has 1 aliphatic rings. The average Bonchev–Trinajstić information content (AvgIpc) is 2.42. The summed E-state index contributed by atoms with van der Waals surface area (Å²) < 4.78 is 0. The highest BCUT2D eigenvalue weighted by Crippen LogP contribution is 2.45. The third-order valence-electron chi connectivity index (χ3n) is 4.68. The number of aromatic nitrogens is 1. The number of rotatable bonds is 1. The lowest BCUT2D eigenvalue weighted by Gasteiger charge is -2.42. The zero-order valence-electron chi connectivity index (χ0n) is 11.6. The summed E-state index contributed by atoms with van der Waals surface area (Å²) in [6.45, 7) is 4.40. The summed E-state index contributed by atoms with van der Waals surface area (Å²) in [6.07, 6.45) is 4.96. The van der Waals surface area contributed by atoms with Crippen LogP contribution in [0.15, 0.2) is 36.5 Å². The maximum atomic E-state index is 11.3. The summed E-state index contributed by atoms with van der Waals surface area (Å²) in [5.41, 5.74) is 1.32. The Morgan fingerprint density at radius 3 is 2.84 bits per heavy atom. The van der Waals surface area contributed by atoms with Crippen LogP contribution in [-0.4, -0.2) is 10.1 Å². The molecule has 0 bridgehead atoms. The van der Waals surface area contributed by atoms with Gasteiger partial charge in [-0.2, -0.15) is 0 Å². The van der Waals surface area contributed by atoms with Crippen LogP contribution in [0.4, 0.5) is 0 Å². The number of pyridine rings is 1. The maximum absolute atomic E-state index is 11.3. The molecule has 1 N–H and O–H groups in total. The van der Waals surface area contributed by atoms with Crippen LogP contribution >= 0.6 is 0 Å². The lowest BCUT2D eigenvalue weighted by Crippen LogP contribution is -2.39. The van der Waals surface area contributed by atoms with Crippen molar-refractivity contribution in [2.45, 2.75) is 38.7 Å². The molecule has 0 spiro atoms. The van der Waals surface area contributed by atoms with Crippen molar-refractivity contribution >= 4 is 10.9 Å². The van der Waals surface area contributed by atoms with E-state index in [2.05, 4.69) is 31.0 Å². The predicted molar refractivity (Wildman–Crippen MR) is 77.8 cm³/mol. The summed E-state index contributed by atoms with van der Waals surface area (Å²) >= 11 is 0. The van der Waals surface area contributed by atoms with E-state index in [1.54, 1.807) is 0 Å². The van der Waals surface area contributed by atoms with Crippen LogP contribution < -0.4 is 0 Å². The van der Waals surface area contributed by atoms with Crippen molar-refractivity contribution in [2.24, 2.45) is 11.8 Å². The van der Waals surface area contributed by atoms with Gasteiger partial charge in [-0.3, -0.25) is 4.98 Å². The minimum Gasteiger partial charge on any atom is -0.385 e. The fourth-order valence-corrected chi connectivity index (χ4v) is 3.46.